The van der Waals surface area contributed by atoms with Crippen molar-refractivity contribution in [1.29, 1.82) is 0 Å². The van der Waals surface area contributed by atoms with Crippen LogP contribution in [0.5, 0.6) is 0 Å². The van der Waals surface area contributed by atoms with Crippen molar-refractivity contribution in [2.45, 2.75) is 33.1 Å². The average Bonchev–Trinajstić information content (AvgIpc) is 1.71. The Morgan fingerprint density at radius 1 is 1.38 bits per heavy atom. The van der Waals surface area contributed by atoms with E-state index in [0.29, 0.717) is 0 Å². The van der Waals surface area contributed by atoms with E-state index in [1.165, 1.54) is 19.3 Å². The molecule has 0 aliphatic rings. The van der Waals surface area contributed by atoms with Crippen LogP contribution in [0.2, 0.25) is 0 Å². The zero-order valence-electron chi connectivity index (χ0n) is 5.42. The highest BCUT2D eigenvalue weighted by molar-refractivity contribution is 7.16. The molecular formula is C5H13O2P. The van der Waals surface area contributed by atoms with Gasteiger partial charge in [0, 0.05) is 0 Å². The van der Waals surface area contributed by atoms with Crippen molar-refractivity contribution in [3.8, 4) is 0 Å². The molecule has 0 saturated carbocycles. The van der Waals surface area contributed by atoms with Crippen LogP contribution in [0.25, 0.3) is 0 Å². The summed E-state index contributed by atoms with van der Waals surface area (Å²) in [4.78, 5) is 6.99. The van der Waals surface area contributed by atoms with E-state index in [1.807, 2.05) is 0 Å². The lowest BCUT2D eigenvalue weighted by Gasteiger charge is -1.79. The largest absolute Gasteiger partial charge is 0.324 e. The summed E-state index contributed by atoms with van der Waals surface area (Å²) in [6.45, 7) is 4.42. The Morgan fingerprint density at radius 2 is 1.62 bits per heavy atom. The Hall–Kier alpha value is 0.0600. The van der Waals surface area contributed by atoms with Gasteiger partial charge in [-0.3, -0.25) is 0 Å². The van der Waals surface area contributed by atoms with E-state index in [0.717, 1.165) is 0 Å². The van der Waals surface area contributed by atoms with E-state index >= 15 is 0 Å². The quantitative estimate of drug-likeness (QED) is 0.591. The standard InChI is InChI=1S/C5H12.HO2P/c1-3-5-4-2;1-3-2/h3-5H2,1-2H3;(H,1,2). The first-order chi connectivity index (χ1) is 3.83. The van der Waals surface area contributed by atoms with Crippen LogP contribution in [0.15, 0.2) is 0 Å². The predicted octanol–water partition coefficient (Wildman–Crippen LogP) is 2.38. The van der Waals surface area contributed by atoms with Gasteiger partial charge in [-0.1, -0.05) is 33.1 Å². The van der Waals surface area contributed by atoms with Crippen molar-refractivity contribution in [3.63, 3.8) is 0 Å². The molecule has 0 aliphatic carbocycles. The van der Waals surface area contributed by atoms with Gasteiger partial charge in [0.05, 0.1) is 0 Å². The maximum absolute atomic E-state index is 8.46. The molecule has 0 rings (SSSR count). The molecule has 0 spiro atoms. The number of hydrogen-bond donors (Lipinski definition) is 1. The Labute approximate surface area is 52.2 Å². The predicted molar refractivity (Wildman–Crippen MR) is 35.0 cm³/mol. The third-order valence-electron chi connectivity index (χ3n) is 0.707. The minimum absolute atomic E-state index is 0.833. The van der Waals surface area contributed by atoms with Crippen LogP contribution in [0.3, 0.4) is 0 Å². The minimum Gasteiger partial charge on any atom is -0.310 e. The van der Waals surface area contributed by atoms with Crippen molar-refractivity contribution < 1.29 is 9.46 Å². The summed E-state index contributed by atoms with van der Waals surface area (Å²) in [6, 6.07) is 0. The molecule has 8 heavy (non-hydrogen) atoms. The maximum Gasteiger partial charge on any atom is 0.324 e. The van der Waals surface area contributed by atoms with E-state index in [9.17, 15) is 0 Å². The van der Waals surface area contributed by atoms with Crippen LogP contribution < -0.4 is 0 Å². The van der Waals surface area contributed by atoms with Crippen molar-refractivity contribution in [3.05, 3.63) is 0 Å². The SMILES string of the molecule is CCCCC.O=PO. The molecule has 0 aromatic heterocycles. The Balaban J connectivity index is 0. The molecule has 0 unspecified atom stereocenters. The second-order valence-electron chi connectivity index (χ2n) is 1.44. The second kappa shape index (κ2) is 15.7. The fraction of sp³-hybridized carbons (Fsp3) is 1.00. The number of unbranched alkanes of at least 4 members (excludes halogenated alkanes) is 2. The first-order valence-electron chi connectivity index (χ1n) is 2.80. The highest BCUT2D eigenvalue weighted by Crippen LogP contribution is 1.88. The minimum atomic E-state index is -0.833. The van der Waals surface area contributed by atoms with Gasteiger partial charge in [-0.05, 0) is 0 Å². The molecule has 0 heterocycles. The third kappa shape index (κ3) is 36.6. The van der Waals surface area contributed by atoms with Gasteiger partial charge in [0.25, 0.3) is 0 Å². The lowest BCUT2D eigenvalue weighted by Crippen LogP contribution is -1.59. The molecule has 0 aromatic rings. The molecule has 1 N–H and O–H groups in total. The lowest BCUT2D eigenvalue weighted by molar-refractivity contribution is 0.524. The average molecular weight is 136 g/mol. The van der Waals surface area contributed by atoms with E-state index in [-0.39, 0.29) is 0 Å². The maximum atomic E-state index is 8.46. The molecule has 3 heteroatoms. The van der Waals surface area contributed by atoms with Gasteiger partial charge in [-0.15, -0.1) is 0 Å². The van der Waals surface area contributed by atoms with Crippen molar-refractivity contribution in [1.82, 2.24) is 0 Å². The summed E-state index contributed by atoms with van der Waals surface area (Å²) in [5.74, 6) is 0. The van der Waals surface area contributed by atoms with Gasteiger partial charge in [0.15, 0.2) is 0 Å². The summed E-state index contributed by atoms with van der Waals surface area (Å²) in [7, 11) is -0.833. The Morgan fingerprint density at radius 3 is 1.62 bits per heavy atom. The monoisotopic (exact) mass is 136 g/mol. The second-order valence-corrected chi connectivity index (χ2v) is 1.60. The summed E-state index contributed by atoms with van der Waals surface area (Å²) >= 11 is 0. The fourth-order valence-corrected chi connectivity index (χ4v) is 0.354. The number of hydrogen-bond acceptors (Lipinski definition) is 1. The van der Waals surface area contributed by atoms with Crippen LogP contribution in [-0.4, -0.2) is 4.89 Å². The highest BCUT2D eigenvalue weighted by atomic mass is 31.1. The van der Waals surface area contributed by atoms with Crippen LogP contribution in [-0.2, 0) is 4.57 Å². The van der Waals surface area contributed by atoms with Crippen LogP contribution in [0, 0.1) is 0 Å². The van der Waals surface area contributed by atoms with Crippen LogP contribution in [0.1, 0.15) is 33.1 Å². The summed E-state index contributed by atoms with van der Waals surface area (Å²) < 4.78 is 8.46. The highest BCUT2D eigenvalue weighted by Gasteiger charge is 1.68. The van der Waals surface area contributed by atoms with Gasteiger partial charge < -0.3 is 4.89 Å². The van der Waals surface area contributed by atoms with Gasteiger partial charge in [0.2, 0.25) is 0 Å². The van der Waals surface area contributed by atoms with Gasteiger partial charge in [0.1, 0.15) is 0 Å². The van der Waals surface area contributed by atoms with Crippen molar-refractivity contribution in [2.24, 2.45) is 0 Å². The summed E-state index contributed by atoms with van der Waals surface area (Å²) in [5.41, 5.74) is 0. The molecule has 0 radical (unpaired) electrons. The topological polar surface area (TPSA) is 37.3 Å². The molecule has 0 saturated heterocycles. The van der Waals surface area contributed by atoms with Crippen molar-refractivity contribution >= 4 is 8.69 Å². The smallest absolute Gasteiger partial charge is 0.310 e. The molecule has 0 amide bonds. The van der Waals surface area contributed by atoms with Crippen LogP contribution in [0.4, 0.5) is 0 Å². The normalized spacial score (nSPS) is 7.88. The van der Waals surface area contributed by atoms with Gasteiger partial charge >= 0.3 is 8.69 Å². The zero-order valence-corrected chi connectivity index (χ0v) is 6.32. The summed E-state index contributed by atoms with van der Waals surface area (Å²) in [5, 5.41) is 0. The molecule has 0 aliphatic heterocycles. The van der Waals surface area contributed by atoms with E-state index < -0.39 is 8.69 Å². The molecule has 0 atom stereocenters. The van der Waals surface area contributed by atoms with E-state index in [4.69, 9.17) is 9.46 Å². The van der Waals surface area contributed by atoms with Gasteiger partial charge in [-0.25, -0.2) is 4.57 Å². The van der Waals surface area contributed by atoms with Crippen LogP contribution >= 0.6 is 8.69 Å². The first kappa shape index (κ1) is 10.9. The zero-order chi connectivity index (χ0) is 6.83. The Kier molecular flexibility index (Phi) is 21.5. The molecule has 50 valence electrons. The van der Waals surface area contributed by atoms with Crippen molar-refractivity contribution in [2.75, 3.05) is 0 Å². The molecule has 0 aromatic carbocycles. The molecule has 0 bridgehead atoms. The first-order valence-corrected chi connectivity index (χ1v) is 3.56. The van der Waals surface area contributed by atoms with E-state index in [1.54, 1.807) is 0 Å². The van der Waals surface area contributed by atoms with Gasteiger partial charge in [-0.2, -0.15) is 0 Å². The summed E-state index contributed by atoms with van der Waals surface area (Å²) in [6.07, 6.45) is 4.08. The molecule has 0 fully saturated rings. The number of rotatable bonds is 2. The third-order valence-corrected chi connectivity index (χ3v) is 0.707. The Bertz CT molecular complexity index is 37.4. The lowest BCUT2D eigenvalue weighted by atomic mass is 10.3. The molecule has 2 nitrogen and oxygen atoms in total. The fourth-order valence-electron chi connectivity index (χ4n) is 0.354. The molecular weight excluding hydrogens is 123 g/mol. The van der Waals surface area contributed by atoms with E-state index in [2.05, 4.69) is 13.8 Å².